The quantitative estimate of drug-likeness (QED) is 0.545. The van der Waals surface area contributed by atoms with E-state index in [9.17, 15) is 0 Å². The first-order valence-corrected chi connectivity index (χ1v) is 1.62. The Balaban J connectivity index is 0.000000360. The zero-order valence-electron chi connectivity index (χ0n) is 3.50. The molecule has 0 saturated heterocycles. The topological polar surface area (TPSA) is 33.4 Å². The summed E-state index contributed by atoms with van der Waals surface area (Å²) in [4.78, 5) is 0. The molecule has 0 spiro atoms. The van der Waals surface area contributed by atoms with Crippen LogP contribution in [0.5, 0.6) is 5.84 Å². The van der Waals surface area contributed by atoms with Crippen LogP contribution in [0.2, 0.25) is 0 Å². The molecule has 38 valence electrons. The normalized spacial score (nSPS) is 6.86. The molecular formula is C3H4BClO2. The first-order chi connectivity index (χ1) is 2.89. The van der Waals surface area contributed by atoms with Crippen molar-refractivity contribution in [2.75, 3.05) is 0 Å². The Morgan fingerprint density at radius 3 is 2.57 bits per heavy atom. The molecule has 0 unspecified atom stereocenters. The van der Waals surface area contributed by atoms with E-state index in [0.717, 1.165) is 0 Å². The molecule has 0 aliphatic rings. The van der Waals surface area contributed by atoms with E-state index >= 15 is 0 Å². The van der Waals surface area contributed by atoms with E-state index in [1.54, 1.807) is 5.96 Å². The molecule has 2 nitrogen and oxygen atoms in total. The van der Waals surface area contributed by atoms with E-state index < -0.39 is 0 Å². The molecular weight excluding hydrogens is 114 g/mol. The first-order valence-electron chi connectivity index (χ1n) is 1.62. The number of hydrogen-bond donors (Lipinski definition) is 1. The fourth-order valence-electron chi connectivity index (χ4n) is 0.270. The Morgan fingerprint density at radius 2 is 2.43 bits per heavy atom. The average Bonchev–Trinajstić information content (AvgIpc) is 1.86. The van der Waals surface area contributed by atoms with E-state index in [-0.39, 0.29) is 18.2 Å². The van der Waals surface area contributed by atoms with Gasteiger partial charge >= 0.3 is 34.5 Å². The van der Waals surface area contributed by atoms with Gasteiger partial charge in [0.25, 0.3) is 0 Å². The van der Waals surface area contributed by atoms with Crippen molar-refractivity contribution >= 4 is 19.3 Å². The van der Waals surface area contributed by atoms with Gasteiger partial charge in [-0.25, -0.2) is 0 Å². The second kappa shape index (κ2) is 2.69. The summed E-state index contributed by atoms with van der Waals surface area (Å²) < 4.78 is 4.39. The van der Waals surface area contributed by atoms with Crippen molar-refractivity contribution in [3.8, 4) is 5.84 Å². The number of halogens is 1. The van der Waals surface area contributed by atoms with Crippen molar-refractivity contribution < 1.29 is 9.52 Å². The van der Waals surface area contributed by atoms with E-state index in [1.165, 1.54) is 13.2 Å². The standard InChI is InChI=1S/C3H3BO2.ClH/c5-3-4-1-2-6-3;/h1-2,5H;1H. The van der Waals surface area contributed by atoms with Gasteiger partial charge in [-0.3, -0.25) is 0 Å². The number of hydrogen-bond acceptors (Lipinski definition) is 2. The molecule has 7 heavy (non-hydrogen) atoms. The van der Waals surface area contributed by atoms with Crippen molar-refractivity contribution in [2.45, 2.75) is 0 Å². The third-order valence-electron chi connectivity index (χ3n) is 0.506. The van der Waals surface area contributed by atoms with Gasteiger partial charge in [0, 0.05) is 0 Å². The second-order valence-corrected chi connectivity index (χ2v) is 0.951. The van der Waals surface area contributed by atoms with Gasteiger partial charge in [-0.15, -0.1) is 12.4 Å². The summed E-state index contributed by atoms with van der Waals surface area (Å²) in [6, 6.07) is 0. The molecule has 0 radical (unpaired) electrons. The van der Waals surface area contributed by atoms with E-state index in [1.807, 2.05) is 0 Å². The van der Waals surface area contributed by atoms with Gasteiger partial charge < -0.3 is 0 Å². The van der Waals surface area contributed by atoms with Crippen molar-refractivity contribution in [3.05, 3.63) is 12.2 Å². The molecule has 0 atom stereocenters. The summed E-state index contributed by atoms with van der Waals surface area (Å²) in [5.74, 6) is 1.59. The maximum atomic E-state index is 8.31. The van der Waals surface area contributed by atoms with Crippen molar-refractivity contribution in [3.63, 3.8) is 0 Å². The molecule has 0 bridgehead atoms. The average molecular weight is 118 g/mol. The molecule has 1 rings (SSSR count). The predicted octanol–water partition coefficient (Wildman–Crippen LogP) is 0.745. The summed E-state index contributed by atoms with van der Waals surface area (Å²) in [5, 5.41) is 8.31. The van der Waals surface area contributed by atoms with Crippen LogP contribution in [-0.4, -0.2) is 12.0 Å². The summed E-state index contributed by atoms with van der Waals surface area (Å²) in [7, 11) is 0. The van der Waals surface area contributed by atoms with Gasteiger partial charge in [-0.2, -0.15) is 0 Å². The van der Waals surface area contributed by atoms with E-state index in [4.69, 9.17) is 5.11 Å². The third kappa shape index (κ3) is 1.64. The van der Waals surface area contributed by atoms with Gasteiger partial charge in [0.1, 0.15) is 0 Å². The molecule has 0 fully saturated rings. The summed E-state index contributed by atoms with van der Waals surface area (Å²) >= 11 is 0. The summed E-state index contributed by atoms with van der Waals surface area (Å²) in [6.45, 7) is 1.47. The monoisotopic (exact) mass is 118 g/mol. The summed E-state index contributed by atoms with van der Waals surface area (Å²) in [6.07, 6.45) is 1.41. The minimum atomic E-state index is -0.0324. The van der Waals surface area contributed by atoms with Crippen LogP contribution < -0.4 is 0 Å². The molecule has 0 aromatic carbocycles. The molecule has 0 saturated carbocycles. The van der Waals surface area contributed by atoms with Crippen LogP contribution in [0.25, 0.3) is 0 Å². The van der Waals surface area contributed by atoms with Gasteiger partial charge in [-0.05, 0) is 0 Å². The Morgan fingerprint density at radius 1 is 1.71 bits per heavy atom. The third-order valence-corrected chi connectivity index (χ3v) is 0.506. The number of rotatable bonds is 0. The Labute approximate surface area is 47.8 Å². The molecule has 1 aromatic rings. The van der Waals surface area contributed by atoms with E-state index in [0.29, 0.717) is 0 Å². The Kier molecular flexibility index (Phi) is 2.52. The van der Waals surface area contributed by atoms with Crippen LogP contribution in [0.3, 0.4) is 0 Å². The zero-order chi connectivity index (χ0) is 4.41. The van der Waals surface area contributed by atoms with Gasteiger partial charge in [0.15, 0.2) is 0 Å². The predicted molar refractivity (Wildman–Crippen MR) is 29.0 cm³/mol. The van der Waals surface area contributed by atoms with Crippen LogP contribution in [0.1, 0.15) is 0 Å². The molecule has 0 aliphatic heterocycles. The van der Waals surface area contributed by atoms with Crippen molar-refractivity contribution in [1.82, 2.24) is 0 Å². The van der Waals surface area contributed by atoms with Crippen LogP contribution in [0.15, 0.2) is 16.6 Å². The first kappa shape index (κ1) is 6.56. The molecule has 1 aromatic heterocycles. The van der Waals surface area contributed by atoms with Crippen LogP contribution in [-0.2, 0) is 0 Å². The SMILES string of the molecule is Cl.Oc1bcco1. The fourth-order valence-corrected chi connectivity index (χ4v) is 0.270. The number of aromatic hydroxyl groups is 1. The van der Waals surface area contributed by atoms with Crippen LogP contribution >= 0.6 is 12.4 Å². The second-order valence-electron chi connectivity index (χ2n) is 0.951. The van der Waals surface area contributed by atoms with Crippen molar-refractivity contribution in [2.24, 2.45) is 0 Å². The van der Waals surface area contributed by atoms with Gasteiger partial charge in [0.05, 0.1) is 0 Å². The zero-order valence-corrected chi connectivity index (χ0v) is 4.31. The molecule has 0 aliphatic carbocycles. The van der Waals surface area contributed by atoms with Gasteiger partial charge in [0.2, 0.25) is 0 Å². The van der Waals surface area contributed by atoms with Crippen LogP contribution in [0, 0.1) is 0 Å². The van der Waals surface area contributed by atoms with E-state index in [2.05, 4.69) is 4.42 Å². The molecule has 1 N–H and O–H groups in total. The Hall–Kier alpha value is -0.435. The fraction of sp³-hybridized carbons (Fsp3) is 0. The molecule has 4 heteroatoms. The summed E-state index contributed by atoms with van der Waals surface area (Å²) in [5.41, 5.74) is 0. The van der Waals surface area contributed by atoms with Crippen LogP contribution in [0.4, 0.5) is 0 Å². The van der Waals surface area contributed by atoms with Gasteiger partial charge in [-0.1, -0.05) is 0 Å². The molecule has 1 heterocycles. The molecule has 0 amide bonds. The maximum absolute atomic E-state index is 8.31. The van der Waals surface area contributed by atoms with Crippen molar-refractivity contribution in [1.29, 1.82) is 0 Å². The Bertz CT molecular complexity index is 116. The minimum absolute atomic E-state index is 0.